The van der Waals surface area contributed by atoms with Gasteiger partial charge in [0.2, 0.25) is 0 Å². The number of amides is 1. The Hall–Kier alpha value is -3.91. The molecule has 0 spiro atoms. The number of ether oxygens (including phenoxy) is 1. The monoisotopic (exact) mass is 428 g/mol. The molecule has 0 saturated heterocycles. The molecule has 0 fully saturated rings. The van der Waals surface area contributed by atoms with Crippen LogP contribution < -0.4 is 9.64 Å². The lowest BCUT2D eigenvalue weighted by atomic mass is 9.84. The standard InChI is InChI=1S/C24H20N4O4/c1-24(2,12-29)22-19-20(25-26-22)23(30)28-13-7-8-14(16-9-10-31-27-16)18(11-13)32-17-6-4-3-5-15(17)21(19)28/h3-11,21,29H,12H2,1-2H3,(H,25,26). The van der Waals surface area contributed by atoms with Crippen molar-refractivity contribution in [3.05, 3.63) is 77.3 Å². The Kier molecular flexibility index (Phi) is 3.85. The predicted molar refractivity (Wildman–Crippen MR) is 116 cm³/mol. The summed E-state index contributed by atoms with van der Waals surface area (Å²) in [6.45, 7) is 3.76. The molecule has 6 rings (SSSR count). The average Bonchev–Trinajstić information content (AvgIpc) is 3.51. The Bertz CT molecular complexity index is 1360. The Morgan fingerprint density at radius 2 is 2.00 bits per heavy atom. The van der Waals surface area contributed by atoms with Crippen LogP contribution in [0.15, 0.2) is 59.3 Å². The molecular formula is C24H20N4O4. The van der Waals surface area contributed by atoms with Crippen molar-refractivity contribution < 1.29 is 19.2 Å². The number of nitrogens with one attached hydrogen (secondary N) is 1. The number of benzene rings is 2. The van der Waals surface area contributed by atoms with Gasteiger partial charge in [0.05, 0.1) is 12.6 Å². The number of aliphatic hydroxyl groups is 1. The van der Waals surface area contributed by atoms with Gasteiger partial charge in [0, 0.05) is 45.6 Å². The molecule has 2 aromatic heterocycles. The quantitative estimate of drug-likeness (QED) is 0.507. The SMILES string of the molecule is CC(C)(CO)c1[nH]nc2c1C1c3ccccc3Oc3cc(ccc3-c3ccon3)N1C2=O. The van der Waals surface area contributed by atoms with Crippen LogP contribution in [-0.2, 0) is 5.41 Å². The van der Waals surface area contributed by atoms with Crippen molar-refractivity contribution in [1.82, 2.24) is 15.4 Å². The second-order valence-electron chi connectivity index (χ2n) is 8.69. The van der Waals surface area contributed by atoms with E-state index in [-0.39, 0.29) is 12.5 Å². The number of aromatic nitrogens is 3. The van der Waals surface area contributed by atoms with Crippen LogP contribution in [0.4, 0.5) is 5.69 Å². The highest BCUT2D eigenvalue weighted by Crippen LogP contribution is 2.50. The van der Waals surface area contributed by atoms with E-state index >= 15 is 0 Å². The van der Waals surface area contributed by atoms with Crippen LogP contribution in [0.2, 0.25) is 0 Å². The second kappa shape index (κ2) is 6.54. The van der Waals surface area contributed by atoms with E-state index in [1.54, 1.807) is 11.0 Å². The van der Waals surface area contributed by atoms with Gasteiger partial charge >= 0.3 is 0 Å². The molecule has 2 aliphatic rings. The van der Waals surface area contributed by atoms with Crippen LogP contribution in [0.1, 0.15) is 47.2 Å². The lowest BCUT2D eigenvalue weighted by molar-refractivity contribution is 0.0988. The molecule has 8 nitrogen and oxygen atoms in total. The van der Waals surface area contributed by atoms with Gasteiger partial charge in [0.15, 0.2) is 5.69 Å². The van der Waals surface area contributed by atoms with E-state index in [9.17, 15) is 9.90 Å². The highest BCUT2D eigenvalue weighted by Gasteiger charge is 2.47. The topological polar surface area (TPSA) is 104 Å². The number of hydrogen-bond donors (Lipinski definition) is 2. The van der Waals surface area contributed by atoms with Gasteiger partial charge < -0.3 is 14.4 Å². The van der Waals surface area contributed by atoms with E-state index in [2.05, 4.69) is 15.4 Å². The van der Waals surface area contributed by atoms with Crippen LogP contribution >= 0.6 is 0 Å². The van der Waals surface area contributed by atoms with Gasteiger partial charge in [-0.25, -0.2) is 0 Å². The summed E-state index contributed by atoms with van der Waals surface area (Å²) < 4.78 is 11.4. The molecule has 2 aliphatic heterocycles. The molecule has 1 atom stereocenters. The van der Waals surface area contributed by atoms with Crippen molar-refractivity contribution in [3.8, 4) is 22.8 Å². The number of carbonyl (C=O) groups is 1. The van der Waals surface area contributed by atoms with Gasteiger partial charge in [-0.3, -0.25) is 14.8 Å². The fourth-order valence-corrected chi connectivity index (χ4v) is 4.52. The van der Waals surface area contributed by atoms with Gasteiger partial charge in [0.1, 0.15) is 23.5 Å². The number of nitrogens with zero attached hydrogens (tertiary/aromatic N) is 3. The zero-order valence-corrected chi connectivity index (χ0v) is 17.5. The first-order valence-electron chi connectivity index (χ1n) is 10.3. The highest BCUT2D eigenvalue weighted by molar-refractivity contribution is 6.11. The van der Waals surface area contributed by atoms with Crippen LogP contribution in [-0.4, -0.2) is 33.0 Å². The highest BCUT2D eigenvalue weighted by atomic mass is 16.5. The molecule has 1 unspecified atom stereocenters. The maximum absolute atomic E-state index is 13.6. The zero-order valence-electron chi connectivity index (χ0n) is 17.5. The largest absolute Gasteiger partial charge is 0.456 e. The lowest BCUT2D eigenvalue weighted by Crippen LogP contribution is -2.32. The summed E-state index contributed by atoms with van der Waals surface area (Å²) in [5, 5.41) is 21.4. The molecule has 4 aromatic rings. The Balaban J connectivity index is 1.62. The van der Waals surface area contributed by atoms with E-state index in [1.807, 2.05) is 56.3 Å². The summed E-state index contributed by atoms with van der Waals surface area (Å²) in [5.41, 5.74) is 4.23. The minimum absolute atomic E-state index is 0.0861. The molecule has 2 aromatic carbocycles. The fourth-order valence-electron chi connectivity index (χ4n) is 4.52. The number of fused-ring (bicyclic) bond motifs is 8. The summed E-state index contributed by atoms with van der Waals surface area (Å²) in [6.07, 6.45) is 1.51. The van der Waals surface area contributed by atoms with E-state index < -0.39 is 11.5 Å². The molecule has 160 valence electrons. The number of carbonyl (C=O) groups excluding carboxylic acids is 1. The van der Waals surface area contributed by atoms with Crippen molar-refractivity contribution in [3.63, 3.8) is 0 Å². The van der Waals surface area contributed by atoms with Crippen molar-refractivity contribution in [2.24, 2.45) is 0 Å². The van der Waals surface area contributed by atoms with Crippen molar-refractivity contribution >= 4 is 11.6 Å². The minimum atomic E-state index is -0.600. The predicted octanol–water partition coefficient (Wildman–Crippen LogP) is 4.19. The van der Waals surface area contributed by atoms with Gasteiger partial charge in [-0.05, 0) is 18.2 Å². The third-order valence-corrected chi connectivity index (χ3v) is 6.22. The molecule has 2 N–H and O–H groups in total. The maximum Gasteiger partial charge on any atom is 0.280 e. The number of hydrogen-bond acceptors (Lipinski definition) is 6. The minimum Gasteiger partial charge on any atom is -0.456 e. The fraction of sp³-hybridized carbons (Fsp3) is 0.208. The van der Waals surface area contributed by atoms with Crippen LogP contribution in [0.5, 0.6) is 11.5 Å². The molecule has 0 radical (unpaired) electrons. The number of rotatable bonds is 3. The number of H-pyrrole nitrogens is 1. The Morgan fingerprint density at radius 1 is 1.16 bits per heavy atom. The number of aromatic amines is 1. The van der Waals surface area contributed by atoms with Crippen LogP contribution in [0, 0.1) is 0 Å². The van der Waals surface area contributed by atoms with E-state index in [0.29, 0.717) is 28.6 Å². The Labute approximate surface area is 183 Å². The number of aliphatic hydroxyl groups excluding tert-OH is 1. The number of anilines is 1. The molecule has 1 amide bonds. The summed E-state index contributed by atoms with van der Waals surface area (Å²) in [7, 11) is 0. The first-order valence-corrected chi connectivity index (χ1v) is 10.3. The summed E-state index contributed by atoms with van der Waals surface area (Å²) >= 11 is 0. The normalized spacial score (nSPS) is 16.7. The summed E-state index contributed by atoms with van der Waals surface area (Å²) in [4.78, 5) is 15.3. The van der Waals surface area contributed by atoms with Crippen molar-refractivity contribution in [2.45, 2.75) is 25.3 Å². The van der Waals surface area contributed by atoms with Crippen molar-refractivity contribution in [1.29, 1.82) is 0 Å². The molecule has 2 bridgehead atoms. The molecule has 0 saturated carbocycles. The second-order valence-corrected chi connectivity index (χ2v) is 8.69. The summed E-state index contributed by atoms with van der Waals surface area (Å²) in [5.74, 6) is 1.02. The van der Waals surface area contributed by atoms with Crippen LogP contribution in [0.3, 0.4) is 0 Å². The molecule has 4 heterocycles. The van der Waals surface area contributed by atoms with E-state index in [1.165, 1.54) is 6.26 Å². The smallest absolute Gasteiger partial charge is 0.280 e. The third-order valence-electron chi connectivity index (χ3n) is 6.22. The molecule has 32 heavy (non-hydrogen) atoms. The van der Waals surface area contributed by atoms with Crippen LogP contribution in [0.25, 0.3) is 11.3 Å². The number of para-hydroxylation sites is 1. The van der Waals surface area contributed by atoms with E-state index in [4.69, 9.17) is 9.26 Å². The Morgan fingerprint density at radius 3 is 2.78 bits per heavy atom. The third kappa shape index (κ3) is 2.50. The molecular weight excluding hydrogens is 408 g/mol. The van der Waals surface area contributed by atoms with E-state index in [0.717, 1.165) is 22.4 Å². The van der Waals surface area contributed by atoms with Gasteiger partial charge in [0.25, 0.3) is 5.91 Å². The average molecular weight is 428 g/mol. The van der Waals surface area contributed by atoms with Gasteiger partial charge in [-0.2, -0.15) is 5.10 Å². The molecule has 8 heteroatoms. The first-order chi connectivity index (χ1) is 15.5. The molecule has 0 aliphatic carbocycles. The maximum atomic E-state index is 13.6. The lowest BCUT2D eigenvalue weighted by Gasteiger charge is -2.32. The first kappa shape index (κ1) is 18.8. The van der Waals surface area contributed by atoms with Crippen molar-refractivity contribution in [2.75, 3.05) is 11.5 Å². The van der Waals surface area contributed by atoms with Gasteiger partial charge in [-0.15, -0.1) is 0 Å². The summed E-state index contributed by atoms with van der Waals surface area (Å²) in [6, 6.07) is 14.6. The van der Waals surface area contributed by atoms with Gasteiger partial charge in [-0.1, -0.05) is 37.2 Å². The zero-order chi connectivity index (χ0) is 22.0.